The fourth-order valence-corrected chi connectivity index (χ4v) is 6.60. The lowest BCUT2D eigenvalue weighted by Gasteiger charge is -2.43. The van der Waals surface area contributed by atoms with Crippen molar-refractivity contribution in [3.05, 3.63) is 48.0 Å². The summed E-state index contributed by atoms with van der Waals surface area (Å²) in [4.78, 5) is 2.68. The molecular weight excluding hydrogens is 378 g/mol. The van der Waals surface area contributed by atoms with Gasteiger partial charge in [-0.25, -0.2) is 0 Å². The van der Waals surface area contributed by atoms with Crippen molar-refractivity contribution >= 4 is 33.6 Å². The SMILES string of the molecule is CCn1c2ccccc2c2cc(CNCC3(N4CCOCC4)CCSC3)ccc21. The van der Waals surface area contributed by atoms with Crippen molar-refractivity contribution in [2.75, 3.05) is 44.4 Å². The quantitative estimate of drug-likeness (QED) is 0.663. The molecule has 3 heterocycles. The van der Waals surface area contributed by atoms with Crippen LogP contribution in [0.15, 0.2) is 42.5 Å². The van der Waals surface area contributed by atoms with E-state index < -0.39 is 0 Å². The number of aryl methyl sites for hydroxylation is 1. The number of fused-ring (bicyclic) bond motifs is 3. The minimum Gasteiger partial charge on any atom is -0.379 e. The summed E-state index contributed by atoms with van der Waals surface area (Å²) in [6, 6.07) is 15.8. The Bertz CT molecular complexity index is 986. The lowest BCUT2D eigenvalue weighted by molar-refractivity contribution is -0.0134. The van der Waals surface area contributed by atoms with E-state index in [-0.39, 0.29) is 0 Å². The van der Waals surface area contributed by atoms with E-state index in [0.717, 1.165) is 45.9 Å². The summed E-state index contributed by atoms with van der Waals surface area (Å²) in [7, 11) is 0. The van der Waals surface area contributed by atoms with Gasteiger partial charge >= 0.3 is 0 Å². The van der Waals surface area contributed by atoms with Gasteiger partial charge in [0.2, 0.25) is 0 Å². The Morgan fingerprint density at radius 1 is 1.07 bits per heavy atom. The predicted octanol–water partition coefficient (Wildman–Crippen LogP) is 4.11. The van der Waals surface area contributed by atoms with Crippen molar-refractivity contribution in [2.24, 2.45) is 0 Å². The summed E-state index contributed by atoms with van der Waals surface area (Å²) in [5.41, 5.74) is 4.36. The second-order valence-electron chi connectivity index (χ2n) is 8.34. The van der Waals surface area contributed by atoms with Crippen LogP contribution in [0.5, 0.6) is 0 Å². The molecular formula is C24H31N3OS. The zero-order valence-corrected chi connectivity index (χ0v) is 18.1. The van der Waals surface area contributed by atoms with Crippen molar-refractivity contribution in [3.8, 4) is 0 Å². The molecule has 2 aromatic carbocycles. The first-order valence-electron chi connectivity index (χ1n) is 10.9. The van der Waals surface area contributed by atoms with Gasteiger partial charge in [0.25, 0.3) is 0 Å². The van der Waals surface area contributed by atoms with Crippen LogP contribution in [-0.4, -0.2) is 59.4 Å². The number of rotatable bonds is 6. The number of para-hydroxylation sites is 1. The van der Waals surface area contributed by atoms with E-state index in [9.17, 15) is 0 Å². The van der Waals surface area contributed by atoms with E-state index in [1.807, 2.05) is 0 Å². The summed E-state index contributed by atoms with van der Waals surface area (Å²) in [6.45, 7) is 9.13. The predicted molar refractivity (Wildman–Crippen MR) is 124 cm³/mol. The highest BCUT2D eigenvalue weighted by Gasteiger charge is 2.40. The van der Waals surface area contributed by atoms with Gasteiger partial charge in [-0.05, 0) is 42.9 Å². The topological polar surface area (TPSA) is 29.4 Å². The molecule has 4 nitrogen and oxygen atoms in total. The molecule has 2 aliphatic heterocycles. The molecule has 1 unspecified atom stereocenters. The zero-order valence-electron chi connectivity index (χ0n) is 17.3. The number of ether oxygens (including phenoxy) is 1. The molecule has 0 spiro atoms. The Hall–Kier alpha value is -1.53. The van der Waals surface area contributed by atoms with E-state index in [1.54, 1.807) is 0 Å². The van der Waals surface area contributed by atoms with Gasteiger partial charge in [0, 0.05) is 65.8 Å². The van der Waals surface area contributed by atoms with Crippen LogP contribution in [0.1, 0.15) is 18.9 Å². The monoisotopic (exact) mass is 409 g/mol. The van der Waals surface area contributed by atoms with Gasteiger partial charge in [0.05, 0.1) is 13.2 Å². The molecule has 0 bridgehead atoms. The van der Waals surface area contributed by atoms with Crippen molar-refractivity contribution < 1.29 is 4.74 Å². The number of morpholine rings is 1. The Balaban J connectivity index is 1.34. The standard InChI is InChI=1S/C24H31N3OS/c1-2-27-22-6-4-3-5-20(22)21-15-19(7-8-23(21)27)16-25-17-24(9-14-29-18-24)26-10-12-28-13-11-26/h3-8,15,25H,2,9-14,16-18H2,1H3. The van der Waals surface area contributed by atoms with Crippen molar-refractivity contribution in [3.63, 3.8) is 0 Å². The number of thioether (sulfide) groups is 1. The van der Waals surface area contributed by atoms with Gasteiger partial charge in [-0.2, -0.15) is 11.8 Å². The lowest BCUT2D eigenvalue weighted by Crippen LogP contribution is -2.58. The number of aromatic nitrogens is 1. The smallest absolute Gasteiger partial charge is 0.0594 e. The lowest BCUT2D eigenvalue weighted by atomic mass is 9.95. The fourth-order valence-electron chi connectivity index (χ4n) is 5.13. The minimum atomic E-state index is 0.302. The maximum absolute atomic E-state index is 5.59. The van der Waals surface area contributed by atoms with Gasteiger partial charge in [-0.1, -0.05) is 24.3 Å². The highest BCUT2D eigenvalue weighted by Crippen LogP contribution is 2.34. The average molecular weight is 410 g/mol. The molecule has 3 aromatic rings. The summed E-state index contributed by atoms with van der Waals surface area (Å²) in [6.07, 6.45) is 1.29. The number of hydrogen-bond acceptors (Lipinski definition) is 4. The number of nitrogens with one attached hydrogen (secondary N) is 1. The first kappa shape index (κ1) is 19.4. The second kappa shape index (κ2) is 8.31. The number of benzene rings is 2. The third-order valence-corrected chi connectivity index (χ3v) is 7.93. The summed E-state index contributed by atoms with van der Waals surface area (Å²) >= 11 is 2.10. The van der Waals surface area contributed by atoms with Crippen LogP contribution < -0.4 is 5.32 Å². The Morgan fingerprint density at radius 2 is 1.90 bits per heavy atom. The fraction of sp³-hybridized carbons (Fsp3) is 0.500. The van der Waals surface area contributed by atoms with Gasteiger partial charge in [0.1, 0.15) is 0 Å². The van der Waals surface area contributed by atoms with E-state index in [2.05, 4.69) is 75.9 Å². The zero-order chi connectivity index (χ0) is 19.7. The summed E-state index contributed by atoms with van der Waals surface area (Å²) < 4.78 is 8.02. The third kappa shape index (κ3) is 3.59. The molecule has 1 N–H and O–H groups in total. The molecule has 154 valence electrons. The first-order chi connectivity index (χ1) is 14.3. The molecule has 2 fully saturated rings. The number of hydrogen-bond donors (Lipinski definition) is 1. The van der Waals surface area contributed by atoms with Crippen LogP contribution >= 0.6 is 11.8 Å². The van der Waals surface area contributed by atoms with Gasteiger partial charge < -0.3 is 14.6 Å². The Morgan fingerprint density at radius 3 is 2.69 bits per heavy atom. The van der Waals surface area contributed by atoms with Crippen LogP contribution in [-0.2, 0) is 17.8 Å². The Labute approximate surface area is 177 Å². The molecule has 5 heteroatoms. The van der Waals surface area contributed by atoms with Crippen LogP contribution in [0.3, 0.4) is 0 Å². The molecule has 0 aliphatic carbocycles. The molecule has 0 amide bonds. The maximum atomic E-state index is 5.59. The highest BCUT2D eigenvalue weighted by molar-refractivity contribution is 7.99. The highest BCUT2D eigenvalue weighted by atomic mass is 32.2. The average Bonchev–Trinajstić information content (AvgIpc) is 3.38. The van der Waals surface area contributed by atoms with Crippen LogP contribution in [0.4, 0.5) is 0 Å². The molecule has 29 heavy (non-hydrogen) atoms. The van der Waals surface area contributed by atoms with Crippen molar-refractivity contribution in [1.82, 2.24) is 14.8 Å². The van der Waals surface area contributed by atoms with Gasteiger partial charge in [-0.15, -0.1) is 0 Å². The molecule has 0 radical (unpaired) electrons. The third-order valence-electron chi connectivity index (χ3n) is 6.70. The van der Waals surface area contributed by atoms with Gasteiger partial charge in [-0.3, -0.25) is 4.90 Å². The van der Waals surface area contributed by atoms with E-state index in [0.29, 0.717) is 5.54 Å². The van der Waals surface area contributed by atoms with Gasteiger partial charge in [0.15, 0.2) is 0 Å². The van der Waals surface area contributed by atoms with Crippen molar-refractivity contribution in [1.29, 1.82) is 0 Å². The molecule has 1 atom stereocenters. The molecule has 2 saturated heterocycles. The van der Waals surface area contributed by atoms with E-state index in [4.69, 9.17) is 4.74 Å². The second-order valence-corrected chi connectivity index (χ2v) is 9.45. The molecule has 2 aliphatic rings. The van der Waals surface area contributed by atoms with Crippen LogP contribution in [0, 0.1) is 0 Å². The maximum Gasteiger partial charge on any atom is 0.0594 e. The normalized spacial score (nSPS) is 23.3. The first-order valence-corrected chi connectivity index (χ1v) is 12.1. The Kier molecular flexibility index (Phi) is 5.57. The van der Waals surface area contributed by atoms with Crippen LogP contribution in [0.25, 0.3) is 21.8 Å². The summed E-state index contributed by atoms with van der Waals surface area (Å²) in [5.74, 6) is 2.52. The molecule has 1 aromatic heterocycles. The largest absolute Gasteiger partial charge is 0.379 e. The summed E-state index contributed by atoms with van der Waals surface area (Å²) in [5, 5.41) is 6.55. The van der Waals surface area contributed by atoms with E-state index in [1.165, 1.54) is 45.3 Å². The number of nitrogens with zero attached hydrogens (tertiary/aromatic N) is 2. The van der Waals surface area contributed by atoms with Crippen LogP contribution in [0.2, 0.25) is 0 Å². The molecule has 0 saturated carbocycles. The van der Waals surface area contributed by atoms with Crippen molar-refractivity contribution in [2.45, 2.75) is 32.0 Å². The molecule has 5 rings (SSSR count). The minimum absolute atomic E-state index is 0.302. The van der Waals surface area contributed by atoms with E-state index >= 15 is 0 Å².